The number of fused-ring (bicyclic) bond motifs is 1. The van der Waals surface area contributed by atoms with Crippen LogP contribution in [0.5, 0.6) is 0 Å². The second-order valence-electron chi connectivity index (χ2n) is 6.84. The number of carbonyl (C=O) groups is 1. The summed E-state index contributed by atoms with van der Waals surface area (Å²) in [6.07, 6.45) is 0. The number of para-hydroxylation sites is 1. The Morgan fingerprint density at radius 1 is 1.22 bits per heavy atom. The van der Waals surface area contributed by atoms with E-state index in [9.17, 15) is 4.79 Å². The molecule has 0 saturated carbocycles. The Labute approximate surface area is 138 Å². The summed E-state index contributed by atoms with van der Waals surface area (Å²) in [6, 6.07) is 8.00. The van der Waals surface area contributed by atoms with Crippen LogP contribution in [0.1, 0.15) is 39.2 Å². The highest BCUT2D eigenvalue weighted by Crippen LogP contribution is 2.15. The van der Waals surface area contributed by atoms with Crippen molar-refractivity contribution in [2.75, 3.05) is 13.1 Å². The zero-order valence-electron chi connectivity index (χ0n) is 14.7. The Balaban J connectivity index is 2.11. The Kier molecular flexibility index (Phi) is 5.31. The zero-order chi connectivity index (χ0) is 17.0. The van der Waals surface area contributed by atoms with Crippen LogP contribution in [0.2, 0.25) is 0 Å². The molecule has 5 nitrogen and oxygen atoms in total. The van der Waals surface area contributed by atoms with Crippen LogP contribution in [0.3, 0.4) is 0 Å². The Hall–Kier alpha value is -2.01. The molecule has 0 bridgehead atoms. The number of hydrogen-bond acceptors (Lipinski definition) is 4. The van der Waals surface area contributed by atoms with Gasteiger partial charge in [-0.15, -0.1) is 0 Å². The first-order valence-electron chi connectivity index (χ1n) is 8.04. The van der Waals surface area contributed by atoms with E-state index in [-0.39, 0.29) is 11.4 Å². The fraction of sp³-hybridized carbons (Fsp3) is 0.500. The Bertz CT molecular complexity index is 691. The van der Waals surface area contributed by atoms with Crippen LogP contribution in [0.15, 0.2) is 24.3 Å². The number of aryl methyl sites for hydroxylation is 1. The van der Waals surface area contributed by atoms with Gasteiger partial charge in [0.25, 0.3) is 0 Å². The van der Waals surface area contributed by atoms with Crippen molar-refractivity contribution >= 4 is 16.8 Å². The molecule has 2 rings (SSSR count). The van der Waals surface area contributed by atoms with Gasteiger partial charge in [0.15, 0.2) is 0 Å². The molecule has 1 amide bonds. The van der Waals surface area contributed by atoms with Gasteiger partial charge in [-0.2, -0.15) is 0 Å². The average molecular weight is 314 g/mol. The maximum atomic E-state index is 12.1. The molecule has 0 aliphatic heterocycles. The van der Waals surface area contributed by atoms with Crippen LogP contribution in [0.4, 0.5) is 0 Å². The van der Waals surface area contributed by atoms with Crippen LogP contribution < -0.4 is 5.32 Å². The summed E-state index contributed by atoms with van der Waals surface area (Å²) in [7, 11) is 0. The van der Waals surface area contributed by atoms with E-state index in [1.54, 1.807) is 0 Å². The van der Waals surface area contributed by atoms with Crippen molar-refractivity contribution in [2.45, 2.75) is 46.7 Å². The first kappa shape index (κ1) is 17.3. The summed E-state index contributed by atoms with van der Waals surface area (Å²) >= 11 is 0. The highest BCUT2D eigenvalue weighted by molar-refractivity contribution is 5.80. The number of rotatable bonds is 5. The molecule has 1 N–H and O–H groups in total. The smallest absolute Gasteiger partial charge is 0.234 e. The van der Waals surface area contributed by atoms with Gasteiger partial charge in [-0.1, -0.05) is 25.1 Å². The number of hydrogen-bond donors (Lipinski definition) is 1. The number of nitrogens with zero attached hydrogens (tertiary/aromatic N) is 3. The molecule has 2 aromatic rings. The van der Waals surface area contributed by atoms with E-state index in [1.807, 2.05) is 63.8 Å². The maximum absolute atomic E-state index is 12.1. The van der Waals surface area contributed by atoms with E-state index < -0.39 is 0 Å². The topological polar surface area (TPSA) is 58.1 Å². The molecular formula is C18H26N4O. The SMILES string of the molecule is CCN(CC(=O)NC(C)(C)C)Cc1nc(C)c2ccccc2n1. The lowest BCUT2D eigenvalue weighted by molar-refractivity contribution is -0.123. The van der Waals surface area contributed by atoms with E-state index >= 15 is 0 Å². The molecule has 0 aliphatic carbocycles. The van der Waals surface area contributed by atoms with E-state index in [0.29, 0.717) is 13.1 Å². The summed E-state index contributed by atoms with van der Waals surface area (Å²) in [5.41, 5.74) is 1.71. The number of aromatic nitrogens is 2. The van der Waals surface area contributed by atoms with Gasteiger partial charge < -0.3 is 5.32 Å². The number of benzene rings is 1. The molecule has 0 fully saturated rings. The number of likely N-dealkylation sites (N-methyl/N-ethyl adjacent to an activating group) is 1. The predicted molar refractivity (Wildman–Crippen MR) is 93.1 cm³/mol. The van der Waals surface area contributed by atoms with Crippen molar-refractivity contribution in [3.05, 3.63) is 35.8 Å². The number of amides is 1. The minimum absolute atomic E-state index is 0.0249. The van der Waals surface area contributed by atoms with Gasteiger partial charge in [0.05, 0.1) is 18.6 Å². The summed E-state index contributed by atoms with van der Waals surface area (Å²) in [5, 5.41) is 4.06. The standard InChI is InChI=1S/C18H26N4O/c1-6-22(12-17(23)21-18(3,4)5)11-16-19-13(2)14-9-7-8-10-15(14)20-16/h7-10H,6,11-12H2,1-5H3,(H,21,23). The minimum Gasteiger partial charge on any atom is -0.350 e. The van der Waals surface area contributed by atoms with E-state index in [4.69, 9.17) is 0 Å². The van der Waals surface area contributed by atoms with Gasteiger partial charge in [-0.05, 0) is 40.3 Å². The summed E-state index contributed by atoms with van der Waals surface area (Å²) in [4.78, 5) is 23.4. The summed E-state index contributed by atoms with van der Waals surface area (Å²) in [5.74, 6) is 0.781. The lowest BCUT2D eigenvalue weighted by atomic mass is 10.1. The van der Waals surface area contributed by atoms with Crippen molar-refractivity contribution in [1.82, 2.24) is 20.2 Å². The van der Waals surface area contributed by atoms with Crippen LogP contribution >= 0.6 is 0 Å². The first-order chi connectivity index (χ1) is 10.8. The number of carbonyl (C=O) groups excluding carboxylic acids is 1. The molecule has 23 heavy (non-hydrogen) atoms. The molecular weight excluding hydrogens is 288 g/mol. The van der Waals surface area contributed by atoms with Crippen molar-refractivity contribution in [1.29, 1.82) is 0 Å². The fourth-order valence-electron chi connectivity index (χ4n) is 2.51. The zero-order valence-corrected chi connectivity index (χ0v) is 14.7. The van der Waals surface area contributed by atoms with E-state index in [0.717, 1.165) is 29.0 Å². The van der Waals surface area contributed by atoms with Crippen LogP contribution in [-0.4, -0.2) is 39.4 Å². The van der Waals surface area contributed by atoms with Crippen molar-refractivity contribution in [3.8, 4) is 0 Å². The van der Waals surface area contributed by atoms with Crippen LogP contribution in [-0.2, 0) is 11.3 Å². The van der Waals surface area contributed by atoms with Crippen LogP contribution in [0, 0.1) is 6.92 Å². The molecule has 0 spiro atoms. The maximum Gasteiger partial charge on any atom is 0.234 e. The van der Waals surface area contributed by atoms with Crippen molar-refractivity contribution in [2.24, 2.45) is 0 Å². The monoisotopic (exact) mass is 314 g/mol. The predicted octanol–water partition coefficient (Wildman–Crippen LogP) is 2.67. The highest BCUT2D eigenvalue weighted by Gasteiger charge is 2.17. The summed E-state index contributed by atoms with van der Waals surface area (Å²) in [6.45, 7) is 11.7. The normalized spacial score (nSPS) is 11.9. The molecule has 1 aromatic carbocycles. The first-order valence-corrected chi connectivity index (χ1v) is 8.04. The molecule has 0 unspecified atom stereocenters. The van der Waals surface area contributed by atoms with Gasteiger partial charge in [0.2, 0.25) is 5.91 Å². The molecule has 0 radical (unpaired) electrons. The summed E-state index contributed by atoms with van der Waals surface area (Å²) < 4.78 is 0. The van der Waals surface area contributed by atoms with E-state index in [1.165, 1.54) is 0 Å². The van der Waals surface area contributed by atoms with Gasteiger partial charge in [0, 0.05) is 16.6 Å². The fourth-order valence-corrected chi connectivity index (χ4v) is 2.51. The second-order valence-corrected chi connectivity index (χ2v) is 6.84. The van der Waals surface area contributed by atoms with Gasteiger partial charge in [0.1, 0.15) is 5.82 Å². The molecule has 1 aromatic heterocycles. The lowest BCUT2D eigenvalue weighted by Gasteiger charge is -2.24. The second kappa shape index (κ2) is 7.04. The Morgan fingerprint density at radius 3 is 2.57 bits per heavy atom. The third kappa shape index (κ3) is 4.99. The molecule has 5 heteroatoms. The van der Waals surface area contributed by atoms with Crippen molar-refractivity contribution < 1.29 is 4.79 Å². The Morgan fingerprint density at radius 2 is 1.91 bits per heavy atom. The van der Waals surface area contributed by atoms with Crippen LogP contribution in [0.25, 0.3) is 10.9 Å². The van der Waals surface area contributed by atoms with E-state index in [2.05, 4.69) is 15.3 Å². The molecule has 1 heterocycles. The highest BCUT2D eigenvalue weighted by atomic mass is 16.2. The van der Waals surface area contributed by atoms with Gasteiger partial charge >= 0.3 is 0 Å². The van der Waals surface area contributed by atoms with Gasteiger partial charge in [-0.25, -0.2) is 9.97 Å². The lowest BCUT2D eigenvalue weighted by Crippen LogP contribution is -2.45. The third-order valence-corrected chi connectivity index (χ3v) is 3.53. The number of nitrogens with one attached hydrogen (secondary N) is 1. The molecule has 0 atom stereocenters. The quantitative estimate of drug-likeness (QED) is 0.922. The average Bonchev–Trinajstić information content (AvgIpc) is 2.44. The largest absolute Gasteiger partial charge is 0.350 e. The van der Waals surface area contributed by atoms with Gasteiger partial charge in [-0.3, -0.25) is 9.69 Å². The molecule has 124 valence electrons. The van der Waals surface area contributed by atoms with Crippen molar-refractivity contribution in [3.63, 3.8) is 0 Å². The minimum atomic E-state index is -0.216. The molecule has 0 saturated heterocycles. The third-order valence-electron chi connectivity index (χ3n) is 3.53. The molecule has 0 aliphatic rings.